The van der Waals surface area contributed by atoms with Gasteiger partial charge < -0.3 is 0 Å². The second-order valence-corrected chi connectivity index (χ2v) is 5.83. The fourth-order valence-electron chi connectivity index (χ4n) is 2.98. The number of hydrogen-bond donors (Lipinski definition) is 0. The van der Waals surface area contributed by atoms with Crippen molar-refractivity contribution >= 4 is 5.78 Å². The van der Waals surface area contributed by atoms with Crippen LogP contribution in [0.3, 0.4) is 0 Å². The molecule has 1 aliphatic carbocycles. The smallest absolute Gasteiger partial charge is 0.155 e. The summed E-state index contributed by atoms with van der Waals surface area (Å²) in [6, 6.07) is 0. The van der Waals surface area contributed by atoms with Gasteiger partial charge in [-0.2, -0.15) is 0 Å². The topological polar surface area (TPSA) is 17.1 Å². The second-order valence-electron chi connectivity index (χ2n) is 5.83. The van der Waals surface area contributed by atoms with E-state index in [4.69, 9.17) is 0 Å². The lowest BCUT2D eigenvalue weighted by Crippen LogP contribution is -2.05. The van der Waals surface area contributed by atoms with Crippen LogP contribution in [0.1, 0.15) is 83.5 Å². The normalized spacial score (nSPS) is 20.7. The van der Waals surface area contributed by atoms with Gasteiger partial charge in [-0.3, -0.25) is 4.79 Å². The summed E-state index contributed by atoms with van der Waals surface area (Å²) in [6.07, 6.45) is 18.6. The van der Waals surface area contributed by atoms with Gasteiger partial charge in [0.05, 0.1) is 0 Å². The van der Waals surface area contributed by atoms with E-state index in [-0.39, 0.29) is 5.78 Å². The van der Waals surface area contributed by atoms with Crippen LogP contribution < -0.4 is 0 Å². The van der Waals surface area contributed by atoms with Gasteiger partial charge in [0.25, 0.3) is 0 Å². The molecule has 1 heteroatoms. The number of carbonyl (C=O) groups excluding carboxylic acids is 1. The first-order valence-electron chi connectivity index (χ1n) is 7.98. The Balaban J connectivity index is 2.27. The standard InChI is InChI=1S/C17H30O/c1-2-17(18)15-14-16-12-10-8-6-4-3-5-7-9-11-13-16/h2,16H,1,3-15H2. The molecule has 1 nitrogen and oxygen atoms in total. The lowest BCUT2D eigenvalue weighted by molar-refractivity contribution is -0.114. The van der Waals surface area contributed by atoms with Gasteiger partial charge in [0.1, 0.15) is 0 Å². The van der Waals surface area contributed by atoms with Crippen LogP contribution in [0, 0.1) is 5.92 Å². The quantitative estimate of drug-likeness (QED) is 0.607. The molecule has 1 rings (SSSR count). The summed E-state index contributed by atoms with van der Waals surface area (Å²) in [7, 11) is 0. The molecule has 1 saturated carbocycles. The zero-order valence-electron chi connectivity index (χ0n) is 12.0. The summed E-state index contributed by atoms with van der Waals surface area (Å²) in [6.45, 7) is 3.56. The van der Waals surface area contributed by atoms with E-state index in [1.54, 1.807) is 0 Å². The van der Waals surface area contributed by atoms with Gasteiger partial charge in [-0.15, -0.1) is 0 Å². The van der Waals surface area contributed by atoms with Crippen molar-refractivity contribution in [3.05, 3.63) is 12.7 Å². The number of ketones is 1. The Morgan fingerprint density at radius 2 is 1.33 bits per heavy atom. The highest BCUT2D eigenvalue weighted by atomic mass is 16.1. The molecule has 0 bridgehead atoms. The number of rotatable bonds is 4. The molecule has 0 aromatic heterocycles. The minimum Gasteiger partial charge on any atom is -0.295 e. The van der Waals surface area contributed by atoms with Gasteiger partial charge in [0.15, 0.2) is 5.78 Å². The van der Waals surface area contributed by atoms with Crippen LogP contribution in [0.4, 0.5) is 0 Å². The molecule has 0 unspecified atom stereocenters. The summed E-state index contributed by atoms with van der Waals surface area (Å²) in [5, 5.41) is 0. The van der Waals surface area contributed by atoms with Crippen molar-refractivity contribution in [2.24, 2.45) is 5.92 Å². The number of carbonyl (C=O) groups is 1. The van der Waals surface area contributed by atoms with Crippen LogP contribution in [-0.2, 0) is 4.79 Å². The SMILES string of the molecule is C=CC(=O)CCC1CCCCCCCCCCC1. The van der Waals surface area contributed by atoms with Crippen LogP contribution >= 0.6 is 0 Å². The molecular weight excluding hydrogens is 220 g/mol. The summed E-state index contributed by atoms with van der Waals surface area (Å²) >= 11 is 0. The van der Waals surface area contributed by atoms with Crippen molar-refractivity contribution < 1.29 is 4.79 Å². The summed E-state index contributed by atoms with van der Waals surface area (Å²) in [5.41, 5.74) is 0. The van der Waals surface area contributed by atoms with E-state index in [1.807, 2.05) is 0 Å². The predicted octanol–water partition coefficient (Wildman–Crippen LogP) is 5.44. The van der Waals surface area contributed by atoms with Crippen LogP contribution in [0.5, 0.6) is 0 Å². The van der Waals surface area contributed by atoms with Gasteiger partial charge in [-0.05, 0) is 18.4 Å². The minimum atomic E-state index is 0.223. The molecule has 1 aliphatic rings. The lowest BCUT2D eigenvalue weighted by Gasteiger charge is -2.17. The van der Waals surface area contributed by atoms with E-state index in [0.717, 1.165) is 12.3 Å². The summed E-state index contributed by atoms with van der Waals surface area (Å²) in [5.74, 6) is 1.01. The third-order valence-electron chi connectivity index (χ3n) is 4.25. The first-order valence-corrected chi connectivity index (χ1v) is 7.98. The molecule has 0 radical (unpaired) electrons. The molecular formula is C17H30O. The van der Waals surface area contributed by atoms with Gasteiger partial charge in [0, 0.05) is 6.42 Å². The Morgan fingerprint density at radius 1 is 0.889 bits per heavy atom. The Bertz CT molecular complexity index is 220. The van der Waals surface area contributed by atoms with E-state index < -0.39 is 0 Å². The van der Waals surface area contributed by atoms with Crippen LogP contribution in [0.2, 0.25) is 0 Å². The first kappa shape index (κ1) is 15.5. The van der Waals surface area contributed by atoms with Gasteiger partial charge in [-0.1, -0.05) is 77.2 Å². The average Bonchev–Trinajstić information content (AvgIpc) is 2.37. The molecule has 104 valence electrons. The van der Waals surface area contributed by atoms with Gasteiger partial charge >= 0.3 is 0 Å². The molecule has 0 N–H and O–H groups in total. The molecule has 0 aromatic rings. The van der Waals surface area contributed by atoms with Crippen LogP contribution in [-0.4, -0.2) is 5.78 Å². The Labute approximate surface area is 113 Å². The number of allylic oxidation sites excluding steroid dienone is 1. The third-order valence-corrected chi connectivity index (χ3v) is 4.25. The van der Waals surface area contributed by atoms with Gasteiger partial charge in [-0.25, -0.2) is 0 Å². The lowest BCUT2D eigenvalue weighted by atomic mass is 9.89. The number of hydrogen-bond acceptors (Lipinski definition) is 1. The van der Waals surface area contributed by atoms with Crippen molar-refractivity contribution in [2.45, 2.75) is 83.5 Å². The maximum atomic E-state index is 11.3. The molecule has 0 heterocycles. The largest absolute Gasteiger partial charge is 0.295 e. The molecule has 0 atom stereocenters. The molecule has 18 heavy (non-hydrogen) atoms. The highest BCUT2D eigenvalue weighted by molar-refractivity contribution is 5.88. The Morgan fingerprint density at radius 3 is 1.78 bits per heavy atom. The van der Waals surface area contributed by atoms with E-state index in [0.29, 0.717) is 6.42 Å². The minimum absolute atomic E-state index is 0.223. The highest BCUT2D eigenvalue weighted by Gasteiger charge is 2.10. The van der Waals surface area contributed by atoms with E-state index in [9.17, 15) is 4.79 Å². The van der Waals surface area contributed by atoms with E-state index >= 15 is 0 Å². The molecule has 0 spiro atoms. The van der Waals surface area contributed by atoms with E-state index in [1.165, 1.54) is 76.7 Å². The molecule has 0 saturated heterocycles. The van der Waals surface area contributed by atoms with E-state index in [2.05, 4.69) is 6.58 Å². The van der Waals surface area contributed by atoms with Crippen molar-refractivity contribution in [2.75, 3.05) is 0 Å². The fourth-order valence-corrected chi connectivity index (χ4v) is 2.98. The molecule has 0 aromatic carbocycles. The predicted molar refractivity (Wildman–Crippen MR) is 78.7 cm³/mol. The van der Waals surface area contributed by atoms with Crippen molar-refractivity contribution in [3.8, 4) is 0 Å². The zero-order valence-corrected chi connectivity index (χ0v) is 12.0. The summed E-state index contributed by atoms with van der Waals surface area (Å²) in [4.78, 5) is 11.3. The fraction of sp³-hybridized carbons (Fsp3) is 0.824. The second kappa shape index (κ2) is 10.3. The molecule has 0 aliphatic heterocycles. The summed E-state index contributed by atoms with van der Waals surface area (Å²) < 4.78 is 0. The Hall–Kier alpha value is -0.590. The Kier molecular flexibility index (Phi) is 8.89. The zero-order chi connectivity index (χ0) is 13.1. The first-order chi connectivity index (χ1) is 8.83. The van der Waals surface area contributed by atoms with Gasteiger partial charge in [0.2, 0.25) is 0 Å². The maximum Gasteiger partial charge on any atom is 0.155 e. The average molecular weight is 250 g/mol. The molecule has 0 amide bonds. The third kappa shape index (κ3) is 7.68. The molecule has 1 fully saturated rings. The van der Waals surface area contributed by atoms with Crippen molar-refractivity contribution in [1.29, 1.82) is 0 Å². The van der Waals surface area contributed by atoms with Crippen LogP contribution in [0.25, 0.3) is 0 Å². The monoisotopic (exact) mass is 250 g/mol. The van der Waals surface area contributed by atoms with Crippen molar-refractivity contribution in [1.82, 2.24) is 0 Å². The van der Waals surface area contributed by atoms with Crippen LogP contribution in [0.15, 0.2) is 12.7 Å². The maximum absolute atomic E-state index is 11.3. The highest BCUT2D eigenvalue weighted by Crippen LogP contribution is 2.24. The van der Waals surface area contributed by atoms with Crippen molar-refractivity contribution in [3.63, 3.8) is 0 Å².